The Hall–Kier alpha value is -0.840. The zero-order chi connectivity index (χ0) is 12.1. The van der Waals surface area contributed by atoms with Gasteiger partial charge in [-0.05, 0) is 19.8 Å². The van der Waals surface area contributed by atoms with Crippen molar-refractivity contribution in [2.24, 2.45) is 5.29 Å². The van der Waals surface area contributed by atoms with Gasteiger partial charge in [-0.3, -0.25) is 0 Å². The largest absolute Gasteiger partial charge is 0.344 e. The molecule has 0 aromatic rings. The topological polar surface area (TPSA) is 53.0 Å². The van der Waals surface area contributed by atoms with Gasteiger partial charge in [0.05, 0.1) is 11.3 Å². The molecule has 1 aliphatic rings. The molecule has 0 heterocycles. The van der Waals surface area contributed by atoms with Crippen LogP contribution in [0.4, 0.5) is 4.79 Å². The fraction of sp³-hybridized carbons (Fsp3) is 0.900. The molecule has 1 fully saturated rings. The van der Waals surface area contributed by atoms with Crippen molar-refractivity contribution >= 4 is 17.6 Å². The molecule has 0 aromatic carbocycles. The average Bonchev–Trinajstić information content (AvgIpc) is 2.30. The van der Waals surface area contributed by atoms with E-state index in [0.717, 1.165) is 30.7 Å². The van der Waals surface area contributed by atoms with Crippen LogP contribution in [0.25, 0.3) is 0 Å². The Morgan fingerprint density at radius 3 is 2.38 bits per heavy atom. The van der Waals surface area contributed by atoms with Gasteiger partial charge in [0.1, 0.15) is 5.50 Å². The van der Waals surface area contributed by atoms with Gasteiger partial charge in [-0.25, -0.2) is 4.79 Å². The van der Waals surface area contributed by atoms with E-state index in [1.807, 2.05) is 0 Å². The third-order valence-electron chi connectivity index (χ3n) is 3.04. The number of urea groups is 1. The smallest absolute Gasteiger partial charge is 0.310 e. The van der Waals surface area contributed by atoms with Gasteiger partial charge < -0.3 is 4.90 Å². The molecule has 0 aromatic heterocycles. The van der Waals surface area contributed by atoms with E-state index in [1.54, 1.807) is 14.0 Å². The van der Waals surface area contributed by atoms with Crippen LogP contribution in [-0.4, -0.2) is 34.5 Å². The molecule has 1 rings (SSSR count). The van der Waals surface area contributed by atoms with E-state index in [-0.39, 0.29) is 6.04 Å². The summed E-state index contributed by atoms with van der Waals surface area (Å²) in [7, 11) is 1.57. The van der Waals surface area contributed by atoms with E-state index in [1.165, 1.54) is 11.3 Å². The standard InChI is InChI=1S/C10H18ClN3O2/c1-8(11)13(2)10(15)14(12-16)9-6-4-3-5-7-9/h8-9H,3-7H2,1-2H3. The Bertz CT molecular complexity index is 254. The number of amides is 2. The Morgan fingerprint density at radius 1 is 1.38 bits per heavy atom. The minimum atomic E-state index is -0.444. The zero-order valence-electron chi connectivity index (χ0n) is 9.73. The monoisotopic (exact) mass is 247 g/mol. The summed E-state index contributed by atoms with van der Waals surface area (Å²) in [5, 5.41) is 3.89. The molecule has 0 bridgehead atoms. The summed E-state index contributed by atoms with van der Waals surface area (Å²) >= 11 is 5.80. The lowest BCUT2D eigenvalue weighted by Crippen LogP contribution is -2.46. The second-order valence-electron chi connectivity index (χ2n) is 4.19. The molecule has 0 radical (unpaired) electrons. The van der Waals surface area contributed by atoms with Gasteiger partial charge in [0.2, 0.25) is 0 Å². The number of halogens is 1. The van der Waals surface area contributed by atoms with Crippen molar-refractivity contribution in [3.05, 3.63) is 4.91 Å². The molecular formula is C10H18ClN3O2. The molecule has 6 heteroatoms. The predicted molar refractivity (Wildman–Crippen MR) is 63.0 cm³/mol. The van der Waals surface area contributed by atoms with Crippen molar-refractivity contribution in [1.82, 2.24) is 9.91 Å². The Morgan fingerprint density at radius 2 is 1.94 bits per heavy atom. The van der Waals surface area contributed by atoms with Crippen LogP contribution in [0.3, 0.4) is 0 Å². The van der Waals surface area contributed by atoms with Gasteiger partial charge in [-0.15, -0.1) is 4.91 Å². The number of alkyl halides is 1. The van der Waals surface area contributed by atoms with Gasteiger partial charge in [-0.1, -0.05) is 30.9 Å². The molecule has 0 N–H and O–H groups in total. The number of hydrogen-bond acceptors (Lipinski definition) is 3. The van der Waals surface area contributed by atoms with Crippen molar-refractivity contribution in [2.45, 2.75) is 50.6 Å². The molecular weight excluding hydrogens is 230 g/mol. The van der Waals surface area contributed by atoms with Gasteiger partial charge in [0, 0.05) is 7.05 Å². The molecule has 1 saturated carbocycles. The maximum atomic E-state index is 11.9. The first-order valence-corrected chi connectivity index (χ1v) is 6.05. The summed E-state index contributed by atoms with van der Waals surface area (Å²) in [5.74, 6) is 0. The summed E-state index contributed by atoms with van der Waals surface area (Å²) in [6.45, 7) is 1.68. The molecule has 5 nitrogen and oxygen atoms in total. The summed E-state index contributed by atoms with van der Waals surface area (Å²) in [6, 6.07) is -0.471. The zero-order valence-corrected chi connectivity index (χ0v) is 10.5. The second-order valence-corrected chi connectivity index (χ2v) is 4.82. The van der Waals surface area contributed by atoms with Crippen LogP contribution < -0.4 is 0 Å². The normalized spacial score (nSPS) is 18.9. The van der Waals surface area contributed by atoms with Gasteiger partial charge in [0.15, 0.2) is 0 Å². The van der Waals surface area contributed by atoms with Crippen LogP contribution in [0, 0.1) is 4.91 Å². The third-order valence-corrected chi connectivity index (χ3v) is 3.33. The number of hydrogen-bond donors (Lipinski definition) is 0. The fourth-order valence-corrected chi connectivity index (χ4v) is 1.98. The molecule has 2 amide bonds. The summed E-state index contributed by atoms with van der Waals surface area (Å²) in [4.78, 5) is 24.0. The van der Waals surface area contributed by atoms with Crippen molar-refractivity contribution in [1.29, 1.82) is 0 Å². The number of carbonyl (C=O) groups excluding carboxylic acids is 1. The molecule has 92 valence electrons. The molecule has 16 heavy (non-hydrogen) atoms. The third kappa shape index (κ3) is 3.07. The highest BCUT2D eigenvalue weighted by Crippen LogP contribution is 2.24. The molecule has 0 saturated heterocycles. The predicted octanol–water partition coefficient (Wildman–Crippen LogP) is 2.94. The Kier molecular flexibility index (Phi) is 4.99. The molecule has 0 spiro atoms. The number of nitroso groups, excluding NO2 is 1. The number of nitrogens with zero attached hydrogens (tertiary/aromatic N) is 3. The molecule has 1 atom stereocenters. The van der Waals surface area contributed by atoms with Crippen LogP contribution in [-0.2, 0) is 0 Å². The lowest BCUT2D eigenvalue weighted by atomic mass is 9.95. The maximum Gasteiger partial charge on any atom is 0.344 e. The molecule has 1 unspecified atom stereocenters. The quantitative estimate of drug-likeness (QED) is 0.333. The van der Waals surface area contributed by atoms with Gasteiger partial charge in [-0.2, -0.15) is 5.01 Å². The number of carbonyl (C=O) groups is 1. The first-order chi connectivity index (χ1) is 7.57. The van der Waals surface area contributed by atoms with Crippen molar-refractivity contribution in [3.63, 3.8) is 0 Å². The summed E-state index contributed by atoms with van der Waals surface area (Å²) in [6.07, 6.45) is 4.96. The lowest BCUT2D eigenvalue weighted by molar-refractivity contribution is 0.126. The van der Waals surface area contributed by atoms with E-state index in [4.69, 9.17) is 11.6 Å². The Labute approximate surface area is 101 Å². The van der Waals surface area contributed by atoms with Crippen LogP contribution in [0.1, 0.15) is 39.0 Å². The first kappa shape index (κ1) is 13.2. The summed E-state index contributed by atoms with van der Waals surface area (Å²) < 4.78 is 0. The van der Waals surface area contributed by atoms with E-state index < -0.39 is 11.5 Å². The Balaban J connectivity index is 2.65. The highest BCUT2D eigenvalue weighted by atomic mass is 35.5. The highest BCUT2D eigenvalue weighted by Gasteiger charge is 2.29. The van der Waals surface area contributed by atoms with Crippen LogP contribution in [0.5, 0.6) is 0 Å². The minimum Gasteiger partial charge on any atom is -0.310 e. The second kappa shape index (κ2) is 6.03. The molecule has 1 aliphatic carbocycles. The van der Waals surface area contributed by atoms with Crippen LogP contribution in [0.15, 0.2) is 5.29 Å². The van der Waals surface area contributed by atoms with Crippen molar-refractivity contribution in [3.8, 4) is 0 Å². The fourth-order valence-electron chi connectivity index (χ4n) is 1.90. The van der Waals surface area contributed by atoms with Crippen molar-refractivity contribution in [2.75, 3.05) is 7.05 Å². The van der Waals surface area contributed by atoms with E-state index >= 15 is 0 Å². The van der Waals surface area contributed by atoms with Gasteiger partial charge >= 0.3 is 6.03 Å². The maximum absolute atomic E-state index is 11.9. The van der Waals surface area contributed by atoms with Crippen LogP contribution in [0.2, 0.25) is 0 Å². The van der Waals surface area contributed by atoms with E-state index in [2.05, 4.69) is 5.29 Å². The van der Waals surface area contributed by atoms with Crippen molar-refractivity contribution < 1.29 is 4.79 Å². The highest BCUT2D eigenvalue weighted by molar-refractivity contribution is 6.20. The summed E-state index contributed by atoms with van der Waals surface area (Å²) in [5.41, 5.74) is -0.444. The molecule has 0 aliphatic heterocycles. The number of rotatable bonds is 3. The average molecular weight is 248 g/mol. The van der Waals surface area contributed by atoms with Gasteiger partial charge in [0.25, 0.3) is 0 Å². The SMILES string of the molecule is CC(Cl)N(C)C(=O)N(N=O)C1CCCCC1. The van der Waals surface area contributed by atoms with E-state index in [0.29, 0.717) is 0 Å². The first-order valence-electron chi connectivity index (χ1n) is 5.61. The minimum absolute atomic E-state index is 0.0587. The van der Waals surface area contributed by atoms with Crippen LogP contribution >= 0.6 is 11.6 Å². The van der Waals surface area contributed by atoms with E-state index in [9.17, 15) is 9.70 Å². The lowest BCUT2D eigenvalue weighted by Gasteiger charge is -2.31.